The zero-order chi connectivity index (χ0) is 15.9. The Morgan fingerprint density at radius 2 is 2.09 bits per heavy atom. The summed E-state index contributed by atoms with van der Waals surface area (Å²) in [7, 11) is 0. The van der Waals surface area contributed by atoms with Crippen LogP contribution in [0.4, 0.5) is 0 Å². The van der Waals surface area contributed by atoms with Gasteiger partial charge in [0.05, 0.1) is 6.54 Å². The van der Waals surface area contributed by atoms with Crippen molar-refractivity contribution in [1.29, 1.82) is 0 Å². The first kappa shape index (κ1) is 15.7. The maximum absolute atomic E-state index is 5.41. The van der Waals surface area contributed by atoms with Crippen LogP contribution in [0, 0.1) is 0 Å². The van der Waals surface area contributed by atoms with Crippen LogP contribution in [0.15, 0.2) is 40.0 Å². The van der Waals surface area contributed by atoms with E-state index < -0.39 is 0 Å². The largest absolute Gasteiger partial charge is 0.454 e. The van der Waals surface area contributed by atoms with Crippen LogP contribution < -0.4 is 20.1 Å². The molecule has 1 aliphatic heterocycles. The predicted octanol–water partition coefficient (Wildman–Crippen LogP) is 2.77. The van der Waals surface area contributed by atoms with Crippen molar-refractivity contribution in [3.05, 3.63) is 46.2 Å². The molecule has 0 aliphatic carbocycles. The molecule has 0 saturated carbocycles. The van der Waals surface area contributed by atoms with Gasteiger partial charge in [0.15, 0.2) is 17.5 Å². The quantitative estimate of drug-likeness (QED) is 0.631. The van der Waals surface area contributed by atoms with E-state index in [-0.39, 0.29) is 0 Å². The minimum absolute atomic E-state index is 0.316. The number of benzene rings is 1. The summed E-state index contributed by atoms with van der Waals surface area (Å²) < 4.78 is 10.7. The van der Waals surface area contributed by atoms with Gasteiger partial charge in [0.2, 0.25) is 6.79 Å². The molecule has 122 valence electrons. The number of nitrogens with one attached hydrogen (secondary N) is 2. The topological polar surface area (TPSA) is 54.9 Å². The van der Waals surface area contributed by atoms with E-state index >= 15 is 0 Å². The third-order valence-corrected chi connectivity index (χ3v) is 4.22. The van der Waals surface area contributed by atoms with Crippen LogP contribution in [-0.2, 0) is 13.0 Å². The lowest BCUT2D eigenvalue weighted by atomic mass is 10.1. The first-order valence-corrected chi connectivity index (χ1v) is 8.71. The molecule has 23 heavy (non-hydrogen) atoms. The van der Waals surface area contributed by atoms with Gasteiger partial charge in [-0.2, -0.15) is 11.3 Å². The van der Waals surface area contributed by atoms with Crippen molar-refractivity contribution in [2.45, 2.75) is 19.9 Å². The van der Waals surface area contributed by atoms with Gasteiger partial charge < -0.3 is 20.1 Å². The number of hydrogen-bond donors (Lipinski definition) is 2. The number of hydrogen-bond acceptors (Lipinski definition) is 4. The summed E-state index contributed by atoms with van der Waals surface area (Å²) in [5, 5.41) is 10.8. The summed E-state index contributed by atoms with van der Waals surface area (Å²) in [4.78, 5) is 4.60. The summed E-state index contributed by atoms with van der Waals surface area (Å²) in [6, 6.07) is 8.18. The number of fused-ring (bicyclic) bond motifs is 1. The van der Waals surface area contributed by atoms with Gasteiger partial charge in [0, 0.05) is 13.1 Å². The summed E-state index contributed by atoms with van der Waals surface area (Å²) in [5.41, 5.74) is 2.46. The lowest BCUT2D eigenvalue weighted by Crippen LogP contribution is -2.38. The molecule has 6 heteroatoms. The van der Waals surface area contributed by atoms with E-state index in [9.17, 15) is 0 Å². The summed E-state index contributed by atoms with van der Waals surface area (Å²) >= 11 is 1.70. The molecule has 0 radical (unpaired) electrons. The van der Waals surface area contributed by atoms with Crippen molar-refractivity contribution in [2.24, 2.45) is 4.99 Å². The van der Waals surface area contributed by atoms with Gasteiger partial charge in [0.1, 0.15) is 0 Å². The van der Waals surface area contributed by atoms with E-state index in [1.807, 2.05) is 12.1 Å². The number of thiophene rings is 1. The Hall–Kier alpha value is -2.21. The van der Waals surface area contributed by atoms with Gasteiger partial charge in [-0.05, 0) is 53.4 Å². The number of nitrogens with zero attached hydrogens (tertiary/aromatic N) is 1. The van der Waals surface area contributed by atoms with Crippen LogP contribution in [0.3, 0.4) is 0 Å². The minimum Gasteiger partial charge on any atom is -0.454 e. The molecule has 2 heterocycles. The Morgan fingerprint density at radius 1 is 1.17 bits per heavy atom. The van der Waals surface area contributed by atoms with Gasteiger partial charge in [-0.3, -0.25) is 0 Å². The first-order valence-electron chi connectivity index (χ1n) is 7.77. The van der Waals surface area contributed by atoms with Gasteiger partial charge >= 0.3 is 0 Å². The van der Waals surface area contributed by atoms with Crippen LogP contribution in [-0.4, -0.2) is 25.8 Å². The average Bonchev–Trinajstić information content (AvgIpc) is 3.23. The molecule has 2 N–H and O–H groups in total. The van der Waals surface area contributed by atoms with Crippen molar-refractivity contribution in [1.82, 2.24) is 10.6 Å². The fourth-order valence-electron chi connectivity index (χ4n) is 2.32. The highest BCUT2D eigenvalue weighted by molar-refractivity contribution is 7.07. The highest BCUT2D eigenvalue weighted by Crippen LogP contribution is 2.32. The molecule has 0 bridgehead atoms. The fourth-order valence-corrected chi connectivity index (χ4v) is 2.98. The van der Waals surface area contributed by atoms with E-state index in [1.165, 1.54) is 11.1 Å². The van der Waals surface area contributed by atoms with E-state index in [0.717, 1.165) is 37.0 Å². The van der Waals surface area contributed by atoms with E-state index in [1.54, 1.807) is 11.3 Å². The third kappa shape index (κ3) is 4.39. The Kier molecular flexibility index (Phi) is 5.37. The minimum atomic E-state index is 0.316. The van der Waals surface area contributed by atoms with E-state index in [4.69, 9.17) is 9.47 Å². The van der Waals surface area contributed by atoms with Crippen molar-refractivity contribution in [3.8, 4) is 11.5 Å². The maximum atomic E-state index is 5.41. The van der Waals surface area contributed by atoms with Crippen LogP contribution in [0.1, 0.15) is 18.1 Å². The molecule has 1 aromatic carbocycles. The summed E-state index contributed by atoms with van der Waals surface area (Å²) in [6.07, 6.45) is 0.902. The Labute approximate surface area is 140 Å². The average molecular weight is 331 g/mol. The van der Waals surface area contributed by atoms with Gasteiger partial charge in [-0.1, -0.05) is 6.07 Å². The second kappa shape index (κ2) is 7.87. The smallest absolute Gasteiger partial charge is 0.231 e. The lowest BCUT2D eigenvalue weighted by molar-refractivity contribution is 0.174. The molecule has 1 aromatic heterocycles. The highest BCUT2D eigenvalue weighted by Gasteiger charge is 2.12. The SMILES string of the molecule is CCNC(=NCc1ccsc1)NCCc1ccc2c(c1)OCO2. The summed E-state index contributed by atoms with van der Waals surface area (Å²) in [5.74, 6) is 2.51. The first-order chi connectivity index (χ1) is 11.3. The second-order valence-electron chi connectivity index (χ2n) is 5.19. The van der Waals surface area contributed by atoms with Crippen LogP contribution >= 0.6 is 11.3 Å². The molecular formula is C17H21N3O2S. The van der Waals surface area contributed by atoms with Crippen LogP contribution in [0.5, 0.6) is 11.5 Å². The van der Waals surface area contributed by atoms with Gasteiger partial charge in [-0.25, -0.2) is 4.99 Å². The van der Waals surface area contributed by atoms with Crippen molar-refractivity contribution < 1.29 is 9.47 Å². The van der Waals surface area contributed by atoms with Crippen molar-refractivity contribution in [2.75, 3.05) is 19.9 Å². The molecule has 0 fully saturated rings. The molecule has 0 amide bonds. The fraction of sp³-hybridized carbons (Fsp3) is 0.353. The normalized spacial score (nSPS) is 13.2. The zero-order valence-electron chi connectivity index (χ0n) is 13.2. The number of guanidine groups is 1. The number of aliphatic imine (C=N–C) groups is 1. The van der Waals surface area contributed by atoms with E-state index in [2.05, 4.69) is 45.4 Å². The Morgan fingerprint density at radius 3 is 2.91 bits per heavy atom. The monoisotopic (exact) mass is 331 g/mol. The Balaban J connectivity index is 1.51. The number of ether oxygens (including phenoxy) is 2. The zero-order valence-corrected chi connectivity index (χ0v) is 14.0. The molecule has 2 aromatic rings. The van der Waals surface area contributed by atoms with Gasteiger partial charge in [-0.15, -0.1) is 0 Å². The Bertz CT molecular complexity index is 656. The maximum Gasteiger partial charge on any atom is 0.231 e. The highest BCUT2D eigenvalue weighted by atomic mass is 32.1. The lowest BCUT2D eigenvalue weighted by Gasteiger charge is -2.11. The molecule has 0 spiro atoms. The second-order valence-corrected chi connectivity index (χ2v) is 5.97. The van der Waals surface area contributed by atoms with E-state index in [0.29, 0.717) is 13.3 Å². The standard InChI is InChI=1S/C17H21N3O2S/c1-2-18-17(20-10-14-6-8-23-11-14)19-7-5-13-3-4-15-16(9-13)22-12-21-15/h3-4,6,8-9,11H,2,5,7,10,12H2,1H3,(H2,18,19,20). The molecule has 1 aliphatic rings. The van der Waals surface area contributed by atoms with Crippen molar-refractivity contribution >= 4 is 17.3 Å². The molecule has 0 unspecified atom stereocenters. The molecular weight excluding hydrogens is 310 g/mol. The van der Waals surface area contributed by atoms with Crippen LogP contribution in [0.2, 0.25) is 0 Å². The molecule has 3 rings (SSSR count). The van der Waals surface area contributed by atoms with Gasteiger partial charge in [0.25, 0.3) is 0 Å². The summed E-state index contributed by atoms with van der Waals surface area (Å²) in [6.45, 7) is 4.74. The third-order valence-electron chi connectivity index (χ3n) is 3.49. The molecule has 0 saturated heterocycles. The van der Waals surface area contributed by atoms with Crippen LogP contribution in [0.25, 0.3) is 0 Å². The number of rotatable bonds is 6. The predicted molar refractivity (Wildman–Crippen MR) is 93.4 cm³/mol. The molecule has 5 nitrogen and oxygen atoms in total. The van der Waals surface area contributed by atoms with Crippen molar-refractivity contribution in [3.63, 3.8) is 0 Å². The molecule has 0 atom stereocenters.